The number of ether oxygens (including phenoxy) is 2. The molecule has 0 bridgehead atoms. The van der Waals surface area contributed by atoms with Crippen molar-refractivity contribution in [2.75, 3.05) is 33.5 Å². The molecule has 1 unspecified atom stereocenters. The van der Waals surface area contributed by atoms with E-state index in [0.29, 0.717) is 19.8 Å². The molecule has 5 heteroatoms. The van der Waals surface area contributed by atoms with Crippen molar-refractivity contribution < 1.29 is 14.3 Å². The van der Waals surface area contributed by atoms with Crippen LogP contribution >= 0.6 is 11.6 Å². The first-order chi connectivity index (χ1) is 6.20. The van der Waals surface area contributed by atoms with Crippen LogP contribution in [0.3, 0.4) is 0 Å². The monoisotopic (exact) mass is 209 g/mol. The molecule has 0 aromatic heterocycles. The van der Waals surface area contributed by atoms with Crippen molar-refractivity contribution in [3.8, 4) is 0 Å². The SMILES string of the molecule is CCOCC(=O)NCC(Cl)COC. The van der Waals surface area contributed by atoms with Crippen LogP contribution in [0.5, 0.6) is 0 Å². The fourth-order valence-corrected chi connectivity index (χ4v) is 0.913. The first kappa shape index (κ1) is 12.7. The number of halogens is 1. The second-order valence-corrected chi connectivity index (χ2v) is 3.11. The van der Waals surface area contributed by atoms with Gasteiger partial charge in [0, 0.05) is 20.3 Å². The van der Waals surface area contributed by atoms with Crippen molar-refractivity contribution in [3.05, 3.63) is 0 Å². The molecule has 0 saturated heterocycles. The van der Waals surface area contributed by atoms with Gasteiger partial charge in [0.15, 0.2) is 0 Å². The maximum atomic E-state index is 11.0. The third kappa shape index (κ3) is 8.02. The molecule has 0 aliphatic carbocycles. The van der Waals surface area contributed by atoms with Gasteiger partial charge in [-0.05, 0) is 6.92 Å². The van der Waals surface area contributed by atoms with Crippen LogP contribution in [-0.2, 0) is 14.3 Å². The van der Waals surface area contributed by atoms with E-state index in [9.17, 15) is 4.79 Å². The number of methoxy groups -OCH3 is 1. The summed E-state index contributed by atoms with van der Waals surface area (Å²) in [6, 6.07) is 0. The highest BCUT2D eigenvalue weighted by Gasteiger charge is 2.06. The van der Waals surface area contributed by atoms with Gasteiger partial charge in [-0.3, -0.25) is 4.79 Å². The van der Waals surface area contributed by atoms with Gasteiger partial charge >= 0.3 is 0 Å². The number of nitrogens with one attached hydrogen (secondary N) is 1. The second kappa shape index (κ2) is 8.29. The summed E-state index contributed by atoms with van der Waals surface area (Å²) < 4.78 is 9.70. The molecule has 0 aliphatic heterocycles. The first-order valence-corrected chi connectivity index (χ1v) is 4.61. The van der Waals surface area contributed by atoms with Gasteiger partial charge in [-0.15, -0.1) is 11.6 Å². The average molecular weight is 210 g/mol. The molecule has 0 aliphatic rings. The molecular weight excluding hydrogens is 194 g/mol. The van der Waals surface area contributed by atoms with E-state index in [2.05, 4.69) is 5.32 Å². The Hall–Kier alpha value is -0.320. The van der Waals surface area contributed by atoms with Crippen LogP contribution in [0, 0.1) is 0 Å². The molecular formula is C8H16ClNO3. The Kier molecular flexibility index (Phi) is 8.08. The average Bonchev–Trinajstić information content (AvgIpc) is 2.12. The summed E-state index contributed by atoms with van der Waals surface area (Å²) in [5.41, 5.74) is 0. The molecule has 0 rings (SSSR count). The van der Waals surface area contributed by atoms with E-state index in [1.165, 1.54) is 0 Å². The van der Waals surface area contributed by atoms with Crippen molar-refractivity contribution in [1.29, 1.82) is 0 Å². The van der Waals surface area contributed by atoms with Gasteiger partial charge in [-0.25, -0.2) is 0 Å². The van der Waals surface area contributed by atoms with E-state index in [0.717, 1.165) is 0 Å². The zero-order chi connectivity index (χ0) is 10.1. The maximum absolute atomic E-state index is 11.0. The number of alkyl halides is 1. The summed E-state index contributed by atoms with van der Waals surface area (Å²) in [5, 5.41) is 2.44. The summed E-state index contributed by atoms with van der Waals surface area (Å²) >= 11 is 5.78. The lowest BCUT2D eigenvalue weighted by Gasteiger charge is -2.09. The third-order valence-corrected chi connectivity index (χ3v) is 1.59. The van der Waals surface area contributed by atoms with Crippen LogP contribution in [0.4, 0.5) is 0 Å². The summed E-state index contributed by atoms with van der Waals surface area (Å²) in [4.78, 5) is 11.0. The Bertz CT molecular complexity index is 143. The Morgan fingerprint density at radius 1 is 1.62 bits per heavy atom. The number of amides is 1. The quantitative estimate of drug-likeness (QED) is 0.618. The van der Waals surface area contributed by atoms with Crippen molar-refractivity contribution in [2.45, 2.75) is 12.3 Å². The van der Waals surface area contributed by atoms with Gasteiger partial charge in [-0.1, -0.05) is 0 Å². The fraction of sp³-hybridized carbons (Fsp3) is 0.875. The third-order valence-electron chi connectivity index (χ3n) is 1.31. The topological polar surface area (TPSA) is 47.6 Å². The number of rotatable bonds is 7. The minimum absolute atomic E-state index is 0.0904. The predicted molar refractivity (Wildman–Crippen MR) is 51.0 cm³/mol. The summed E-state index contributed by atoms with van der Waals surface area (Å²) in [6.45, 7) is 3.29. The zero-order valence-electron chi connectivity index (χ0n) is 8.01. The Balaban J connectivity index is 3.34. The number of carbonyl (C=O) groups excluding carboxylic acids is 1. The van der Waals surface area contributed by atoms with Gasteiger partial charge in [0.1, 0.15) is 6.61 Å². The minimum Gasteiger partial charge on any atom is -0.383 e. The molecule has 0 aromatic rings. The zero-order valence-corrected chi connectivity index (χ0v) is 8.76. The highest BCUT2D eigenvalue weighted by atomic mass is 35.5. The Morgan fingerprint density at radius 2 is 2.31 bits per heavy atom. The van der Waals surface area contributed by atoms with E-state index in [4.69, 9.17) is 21.1 Å². The minimum atomic E-state index is -0.185. The maximum Gasteiger partial charge on any atom is 0.246 e. The highest BCUT2D eigenvalue weighted by Crippen LogP contribution is 1.93. The molecule has 1 amide bonds. The van der Waals surface area contributed by atoms with Gasteiger partial charge in [0.05, 0.1) is 12.0 Å². The van der Waals surface area contributed by atoms with Crippen LogP contribution in [0.15, 0.2) is 0 Å². The molecule has 13 heavy (non-hydrogen) atoms. The Morgan fingerprint density at radius 3 is 2.85 bits per heavy atom. The van der Waals surface area contributed by atoms with E-state index in [1.807, 2.05) is 6.92 Å². The molecule has 1 atom stereocenters. The molecule has 4 nitrogen and oxygen atoms in total. The standard InChI is InChI=1S/C8H16ClNO3/c1-3-13-6-8(11)10-4-7(9)5-12-2/h7H,3-6H2,1-2H3,(H,10,11). The summed E-state index contributed by atoms with van der Waals surface area (Å²) in [5.74, 6) is -0.149. The normalized spacial score (nSPS) is 12.5. The molecule has 78 valence electrons. The van der Waals surface area contributed by atoms with E-state index in [1.54, 1.807) is 7.11 Å². The molecule has 0 radical (unpaired) electrons. The van der Waals surface area contributed by atoms with Crippen molar-refractivity contribution >= 4 is 17.5 Å². The van der Waals surface area contributed by atoms with Gasteiger partial charge < -0.3 is 14.8 Å². The van der Waals surface area contributed by atoms with Crippen molar-refractivity contribution in [3.63, 3.8) is 0 Å². The van der Waals surface area contributed by atoms with E-state index >= 15 is 0 Å². The molecule has 0 saturated carbocycles. The molecule has 0 fully saturated rings. The predicted octanol–water partition coefficient (Wildman–Crippen LogP) is 0.393. The van der Waals surface area contributed by atoms with Crippen LogP contribution in [0.1, 0.15) is 6.92 Å². The lowest BCUT2D eigenvalue weighted by atomic mass is 10.4. The largest absolute Gasteiger partial charge is 0.383 e. The fourth-order valence-electron chi connectivity index (χ4n) is 0.710. The molecule has 0 spiro atoms. The van der Waals surface area contributed by atoms with Crippen LogP contribution in [0.25, 0.3) is 0 Å². The van der Waals surface area contributed by atoms with Gasteiger partial charge in [-0.2, -0.15) is 0 Å². The molecule has 1 N–H and O–H groups in total. The summed E-state index contributed by atoms with van der Waals surface area (Å²) in [7, 11) is 1.57. The van der Waals surface area contributed by atoms with E-state index in [-0.39, 0.29) is 17.9 Å². The number of hydrogen-bond acceptors (Lipinski definition) is 3. The van der Waals surface area contributed by atoms with Gasteiger partial charge in [0.25, 0.3) is 0 Å². The van der Waals surface area contributed by atoms with Crippen molar-refractivity contribution in [2.24, 2.45) is 0 Å². The van der Waals surface area contributed by atoms with Crippen LogP contribution in [0.2, 0.25) is 0 Å². The Labute approximate surface area is 83.5 Å². The van der Waals surface area contributed by atoms with E-state index < -0.39 is 0 Å². The van der Waals surface area contributed by atoms with Crippen LogP contribution in [-0.4, -0.2) is 44.8 Å². The summed E-state index contributed by atoms with van der Waals surface area (Å²) in [6.07, 6.45) is 0. The highest BCUT2D eigenvalue weighted by molar-refractivity contribution is 6.21. The van der Waals surface area contributed by atoms with Crippen LogP contribution < -0.4 is 5.32 Å². The van der Waals surface area contributed by atoms with Gasteiger partial charge in [0.2, 0.25) is 5.91 Å². The first-order valence-electron chi connectivity index (χ1n) is 4.18. The lowest BCUT2D eigenvalue weighted by molar-refractivity contribution is -0.125. The molecule has 0 heterocycles. The second-order valence-electron chi connectivity index (χ2n) is 2.49. The smallest absolute Gasteiger partial charge is 0.246 e. The number of carbonyl (C=O) groups is 1. The molecule has 0 aromatic carbocycles. The lowest BCUT2D eigenvalue weighted by Crippen LogP contribution is -2.34. The van der Waals surface area contributed by atoms with Crippen molar-refractivity contribution in [1.82, 2.24) is 5.32 Å². The number of hydrogen-bond donors (Lipinski definition) is 1.